The Bertz CT molecular complexity index is 763. The molecule has 2 rings (SSSR count). The van der Waals surface area contributed by atoms with Crippen molar-refractivity contribution in [2.45, 2.75) is 20.3 Å². The maximum Gasteiger partial charge on any atom is 0.309 e. The van der Waals surface area contributed by atoms with Crippen LogP contribution in [0.4, 0.5) is 5.69 Å². The number of hydrogen-bond acceptors (Lipinski definition) is 6. The third-order valence-corrected chi connectivity index (χ3v) is 3.51. The molecular weight excluding hydrogens is 362 g/mol. The number of benzene rings is 2. The van der Waals surface area contributed by atoms with Gasteiger partial charge in [0.15, 0.2) is 18.1 Å². The molecule has 0 bridgehead atoms. The summed E-state index contributed by atoms with van der Waals surface area (Å²) >= 11 is 0. The quantitative estimate of drug-likeness (QED) is 0.595. The zero-order valence-electron chi connectivity index (χ0n) is 16.1. The fourth-order valence-electron chi connectivity index (χ4n) is 2.31. The molecule has 0 radical (unpaired) electrons. The highest BCUT2D eigenvalue weighted by atomic mass is 16.5. The van der Waals surface area contributed by atoms with E-state index in [1.807, 2.05) is 32.0 Å². The Kier molecular flexibility index (Phi) is 8.65. The number of hydrogen-bond donors (Lipinski definition) is 1. The maximum absolute atomic E-state index is 12.0. The smallest absolute Gasteiger partial charge is 0.309 e. The summed E-state index contributed by atoms with van der Waals surface area (Å²) in [5.74, 6) is 0.870. The Morgan fingerprint density at radius 3 is 2.32 bits per heavy atom. The SMILES string of the molecule is CCOc1ccc(NC(=O)COC(=O)CCOc2ccccc2)cc1OCC. The van der Waals surface area contributed by atoms with Crippen LogP contribution < -0.4 is 19.5 Å². The minimum Gasteiger partial charge on any atom is -0.493 e. The van der Waals surface area contributed by atoms with Crippen molar-refractivity contribution in [2.75, 3.05) is 31.7 Å². The lowest BCUT2D eigenvalue weighted by Crippen LogP contribution is -2.21. The van der Waals surface area contributed by atoms with Crippen molar-refractivity contribution < 1.29 is 28.5 Å². The Hall–Kier alpha value is -3.22. The van der Waals surface area contributed by atoms with Crippen LogP contribution in [-0.4, -0.2) is 38.3 Å². The highest BCUT2D eigenvalue weighted by Crippen LogP contribution is 2.30. The first-order chi connectivity index (χ1) is 13.6. The van der Waals surface area contributed by atoms with Crippen molar-refractivity contribution >= 4 is 17.6 Å². The molecule has 28 heavy (non-hydrogen) atoms. The van der Waals surface area contributed by atoms with Gasteiger partial charge in [0, 0.05) is 11.8 Å². The monoisotopic (exact) mass is 387 g/mol. The van der Waals surface area contributed by atoms with Gasteiger partial charge < -0.3 is 24.3 Å². The van der Waals surface area contributed by atoms with E-state index in [1.165, 1.54) is 0 Å². The van der Waals surface area contributed by atoms with E-state index < -0.39 is 11.9 Å². The van der Waals surface area contributed by atoms with Crippen molar-refractivity contribution in [2.24, 2.45) is 0 Å². The molecule has 7 heteroatoms. The molecular formula is C21H25NO6. The Balaban J connectivity index is 1.75. The van der Waals surface area contributed by atoms with Gasteiger partial charge in [-0.05, 0) is 38.1 Å². The van der Waals surface area contributed by atoms with E-state index in [1.54, 1.807) is 30.3 Å². The number of ether oxygens (including phenoxy) is 4. The molecule has 0 atom stereocenters. The van der Waals surface area contributed by atoms with Crippen molar-refractivity contribution in [3.8, 4) is 17.2 Å². The Morgan fingerprint density at radius 1 is 0.893 bits per heavy atom. The van der Waals surface area contributed by atoms with Gasteiger partial charge >= 0.3 is 5.97 Å². The van der Waals surface area contributed by atoms with Gasteiger partial charge in [0.2, 0.25) is 0 Å². The molecule has 0 aliphatic heterocycles. The van der Waals surface area contributed by atoms with E-state index in [0.717, 1.165) is 0 Å². The number of carbonyl (C=O) groups is 2. The van der Waals surface area contributed by atoms with Crippen molar-refractivity contribution in [1.82, 2.24) is 0 Å². The molecule has 7 nitrogen and oxygen atoms in total. The standard InChI is InChI=1S/C21H25NO6/c1-3-25-18-11-10-16(14-19(18)26-4-2)22-20(23)15-28-21(24)12-13-27-17-8-6-5-7-9-17/h5-11,14H,3-4,12-13,15H2,1-2H3,(H,22,23). The summed E-state index contributed by atoms with van der Waals surface area (Å²) < 4.78 is 21.4. The van der Waals surface area contributed by atoms with Crippen LogP contribution in [0, 0.1) is 0 Å². The average molecular weight is 387 g/mol. The lowest BCUT2D eigenvalue weighted by molar-refractivity contribution is -0.147. The third kappa shape index (κ3) is 7.19. The highest BCUT2D eigenvalue weighted by Gasteiger charge is 2.11. The second kappa shape index (κ2) is 11.5. The lowest BCUT2D eigenvalue weighted by Gasteiger charge is -2.13. The molecule has 0 aliphatic rings. The van der Waals surface area contributed by atoms with Gasteiger partial charge in [0.25, 0.3) is 5.91 Å². The summed E-state index contributed by atoms with van der Waals surface area (Å²) in [6.45, 7) is 4.53. The minimum atomic E-state index is -0.507. The van der Waals surface area contributed by atoms with Crippen LogP contribution in [0.25, 0.3) is 0 Å². The summed E-state index contributed by atoms with van der Waals surface area (Å²) in [6, 6.07) is 14.2. The normalized spacial score (nSPS) is 10.1. The molecule has 0 unspecified atom stereocenters. The van der Waals surface area contributed by atoms with Gasteiger partial charge in [0.05, 0.1) is 26.2 Å². The molecule has 2 aromatic rings. The number of carbonyl (C=O) groups excluding carboxylic acids is 2. The summed E-state index contributed by atoms with van der Waals surface area (Å²) in [4.78, 5) is 23.7. The maximum atomic E-state index is 12.0. The van der Waals surface area contributed by atoms with Gasteiger partial charge in [-0.15, -0.1) is 0 Å². The van der Waals surface area contributed by atoms with Crippen LogP contribution >= 0.6 is 0 Å². The predicted octanol–water partition coefficient (Wildman–Crippen LogP) is 3.43. The molecule has 0 saturated heterocycles. The van der Waals surface area contributed by atoms with E-state index in [9.17, 15) is 9.59 Å². The number of anilines is 1. The lowest BCUT2D eigenvalue weighted by atomic mass is 10.2. The van der Waals surface area contributed by atoms with Gasteiger partial charge in [-0.25, -0.2) is 0 Å². The molecule has 150 valence electrons. The van der Waals surface area contributed by atoms with Crippen molar-refractivity contribution in [3.63, 3.8) is 0 Å². The van der Waals surface area contributed by atoms with Gasteiger partial charge in [-0.3, -0.25) is 9.59 Å². The molecule has 0 aromatic heterocycles. The molecule has 0 saturated carbocycles. The van der Waals surface area contributed by atoms with Crippen molar-refractivity contribution in [1.29, 1.82) is 0 Å². The zero-order valence-corrected chi connectivity index (χ0v) is 16.1. The van der Waals surface area contributed by atoms with Crippen LogP contribution in [0.5, 0.6) is 17.2 Å². The van der Waals surface area contributed by atoms with Gasteiger partial charge in [-0.1, -0.05) is 18.2 Å². The summed E-state index contributed by atoms with van der Waals surface area (Å²) in [7, 11) is 0. The first kappa shape index (κ1) is 21.1. The fraction of sp³-hybridized carbons (Fsp3) is 0.333. The first-order valence-electron chi connectivity index (χ1n) is 9.15. The van der Waals surface area contributed by atoms with Crippen LogP contribution in [-0.2, 0) is 14.3 Å². The molecule has 2 aromatic carbocycles. The van der Waals surface area contributed by atoms with Crippen molar-refractivity contribution in [3.05, 3.63) is 48.5 Å². The molecule has 1 amide bonds. The van der Waals surface area contributed by atoms with Crippen LogP contribution in [0.3, 0.4) is 0 Å². The number of para-hydroxylation sites is 1. The topological polar surface area (TPSA) is 83.1 Å². The minimum absolute atomic E-state index is 0.0553. The number of amides is 1. The Labute approximate surface area is 164 Å². The second-order valence-corrected chi connectivity index (χ2v) is 5.65. The molecule has 0 fully saturated rings. The largest absolute Gasteiger partial charge is 0.493 e. The molecule has 0 spiro atoms. The summed E-state index contributed by atoms with van der Waals surface area (Å²) in [5, 5.41) is 2.66. The van der Waals surface area contributed by atoms with E-state index in [-0.39, 0.29) is 19.6 Å². The first-order valence-corrected chi connectivity index (χ1v) is 9.15. The van der Waals surface area contributed by atoms with E-state index in [0.29, 0.717) is 36.1 Å². The molecule has 0 heterocycles. The van der Waals surface area contributed by atoms with E-state index in [2.05, 4.69) is 5.32 Å². The average Bonchev–Trinajstić information content (AvgIpc) is 2.69. The number of esters is 1. The zero-order chi connectivity index (χ0) is 20.2. The van der Waals surface area contributed by atoms with Crippen LogP contribution in [0.2, 0.25) is 0 Å². The predicted molar refractivity (Wildman–Crippen MR) is 105 cm³/mol. The number of rotatable bonds is 11. The second-order valence-electron chi connectivity index (χ2n) is 5.65. The van der Waals surface area contributed by atoms with E-state index in [4.69, 9.17) is 18.9 Å². The fourth-order valence-corrected chi connectivity index (χ4v) is 2.31. The number of nitrogens with one attached hydrogen (secondary N) is 1. The van der Waals surface area contributed by atoms with Gasteiger partial charge in [-0.2, -0.15) is 0 Å². The van der Waals surface area contributed by atoms with Gasteiger partial charge in [0.1, 0.15) is 5.75 Å². The molecule has 1 N–H and O–H groups in total. The Morgan fingerprint density at radius 2 is 1.61 bits per heavy atom. The highest BCUT2D eigenvalue weighted by molar-refractivity contribution is 5.93. The summed E-state index contributed by atoms with van der Waals surface area (Å²) in [5.41, 5.74) is 0.528. The van der Waals surface area contributed by atoms with Crippen LogP contribution in [0.15, 0.2) is 48.5 Å². The van der Waals surface area contributed by atoms with Crippen LogP contribution in [0.1, 0.15) is 20.3 Å². The summed E-state index contributed by atoms with van der Waals surface area (Å²) in [6.07, 6.45) is 0.0553. The molecule has 0 aliphatic carbocycles. The third-order valence-electron chi connectivity index (χ3n) is 3.51. The van der Waals surface area contributed by atoms with E-state index >= 15 is 0 Å².